The second-order valence-electron chi connectivity index (χ2n) is 4.60. The van der Waals surface area contributed by atoms with E-state index in [1.165, 1.54) is 13.5 Å². The van der Waals surface area contributed by atoms with Crippen LogP contribution in [0.1, 0.15) is 39.0 Å². The van der Waals surface area contributed by atoms with E-state index in [1.807, 2.05) is 6.92 Å². The van der Waals surface area contributed by atoms with Crippen LogP contribution in [0.4, 0.5) is 0 Å². The molecule has 1 rings (SSSR count). The predicted molar refractivity (Wildman–Crippen MR) is 67.0 cm³/mol. The first-order valence-electron chi connectivity index (χ1n) is 6.64. The smallest absolute Gasteiger partial charge is 0.328 e. The molecule has 0 aliphatic heterocycles. The van der Waals surface area contributed by atoms with Crippen LogP contribution in [0.5, 0.6) is 0 Å². The lowest BCUT2D eigenvalue weighted by atomic mass is 9.84. The van der Waals surface area contributed by atoms with Gasteiger partial charge in [-0.25, -0.2) is 4.79 Å². The van der Waals surface area contributed by atoms with Crippen LogP contribution < -0.4 is 5.32 Å². The van der Waals surface area contributed by atoms with E-state index in [4.69, 9.17) is 9.47 Å². The Labute approximate surface area is 108 Å². The van der Waals surface area contributed by atoms with Crippen molar-refractivity contribution in [3.8, 4) is 0 Å². The highest BCUT2D eigenvalue weighted by molar-refractivity contribution is 5.85. The van der Waals surface area contributed by atoms with Crippen molar-refractivity contribution in [1.29, 1.82) is 0 Å². The molecule has 1 atom stereocenters. The number of hydrogen-bond acceptors (Lipinski definition) is 4. The minimum atomic E-state index is -0.525. The molecule has 104 valence electrons. The summed E-state index contributed by atoms with van der Waals surface area (Å²) in [4.78, 5) is 23.4. The second-order valence-corrected chi connectivity index (χ2v) is 4.60. The number of methoxy groups -OCH3 is 1. The largest absolute Gasteiger partial charge is 0.467 e. The molecule has 0 aromatic heterocycles. The first kappa shape index (κ1) is 15.0. The number of ether oxygens (including phenoxy) is 2. The summed E-state index contributed by atoms with van der Waals surface area (Å²) in [5.74, 6) is -0.415. The fourth-order valence-corrected chi connectivity index (χ4v) is 2.37. The van der Waals surface area contributed by atoms with Crippen LogP contribution in [0.15, 0.2) is 0 Å². The minimum Gasteiger partial charge on any atom is -0.467 e. The van der Waals surface area contributed by atoms with Crippen molar-refractivity contribution in [2.75, 3.05) is 20.3 Å². The molecule has 1 saturated carbocycles. The molecule has 0 bridgehead atoms. The maximum Gasteiger partial charge on any atom is 0.328 e. The van der Waals surface area contributed by atoms with E-state index in [9.17, 15) is 9.59 Å². The summed E-state index contributed by atoms with van der Waals surface area (Å²) < 4.78 is 9.81. The zero-order valence-electron chi connectivity index (χ0n) is 11.2. The molecule has 5 nitrogen and oxygen atoms in total. The van der Waals surface area contributed by atoms with Crippen molar-refractivity contribution < 1.29 is 19.1 Å². The maximum absolute atomic E-state index is 11.7. The van der Waals surface area contributed by atoms with E-state index in [0.717, 1.165) is 25.7 Å². The Bertz CT molecular complexity index is 274. The highest BCUT2D eigenvalue weighted by atomic mass is 16.5. The first-order chi connectivity index (χ1) is 8.69. The van der Waals surface area contributed by atoms with Crippen molar-refractivity contribution in [3.63, 3.8) is 0 Å². The average molecular weight is 257 g/mol. The molecule has 5 heteroatoms. The number of nitrogens with one attached hydrogen (secondary N) is 1. The van der Waals surface area contributed by atoms with E-state index < -0.39 is 6.04 Å². The van der Waals surface area contributed by atoms with Crippen LogP contribution in [0.2, 0.25) is 0 Å². The van der Waals surface area contributed by atoms with E-state index >= 15 is 0 Å². The van der Waals surface area contributed by atoms with Gasteiger partial charge in [-0.1, -0.05) is 19.3 Å². The number of carbonyl (C=O) groups excluding carboxylic acids is 2. The number of carbonyl (C=O) groups is 2. The van der Waals surface area contributed by atoms with Gasteiger partial charge in [0.2, 0.25) is 5.91 Å². The molecule has 0 unspecified atom stereocenters. The third kappa shape index (κ3) is 4.64. The standard InChI is InChI=1S/C13H23NO4/c1-3-18-9-11(15)14-12(13(16)17-2)10-7-5-4-6-8-10/h10,12H,3-9H2,1-2H3,(H,14,15)/t12-/m1/s1. The highest BCUT2D eigenvalue weighted by Crippen LogP contribution is 2.27. The van der Waals surface area contributed by atoms with Gasteiger partial charge in [-0.2, -0.15) is 0 Å². The summed E-state index contributed by atoms with van der Waals surface area (Å²) in [6.07, 6.45) is 5.36. The summed E-state index contributed by atoms with van der Waals surface area (Å²) in [6, 6.07) is -0.525. The molecule has 1 fully saturated rings. The normalized spacial score (nSPS) is 18.1. The van der Waals surface area contributed by atoms with Gasteiger partial charge in [0.15, 0.2) is 0 Å². The van der Waals surface area contributed by atoms with Crippen LogP contribution >= 0.6 is 0 Å². The molecule has 18 heavy (non-hydrogen) atoms. The maximum atomic E-state index is 11.7. The number of esters is 1. The third-order valence-corrected chi connectivity index (χ3v) is 3.33. The van der Waals surface area contributed by atoms with Gasteiger partial charge in [0.25, 0.3) is 0 Å². The van der Waals surface area contributed by atoms with Gasteiger partial charge in [0, 0.05) is 6.61 Å². The molecule has 0 spiro atoms. The number of rotatable bonds is 6. The van der Waals surface area contributed by atoms with Crippen molar-refractivity contribution in [3.05, 3.63) is 0 Å². The zero-order chi connectivity index (χ0) is 13.4. The summed E-state index contributed by atoms with van der Waals surface area (Å²) in [6.45, 7) is 2.31. The fraction of sp³-hybridized carbons (Fsp3) is 0.846. The Morgan fingerprint density at radius 1 is 1.28 bits per heavy atom. The molecule has 0 heterocycles. The number of amides is 1. The summed E-state index contributed by atoms with van der Waals surface area (Å²) in [5, 5.41) is 2.73. The topological polar surface area (TPSA) is 64.6 Å². The number of hydrogen-bond donors (Lipinski definition) is 1. The lowest BCUT2D eigenvalue weighted by Crippen LogP contribution is -2.48. The summed E-state index contributed by atoms with van der Waals surface area (Å²) >= 11 is 0. The Kier molecular flexibility index (Phi) is 6.72. The van der Waals surface area contributed by atoms with Gasteiger partial charge in [0.05, 0.1) is 7.11 Å². The average Bonchev–Trinajstić information content (AvgIpc) is 2.42. The van der Waals surface area contributed by atoms with E-state index in [1.54, 1.807) is 0 Å². The molecule has 0 radical (unpaired) electrons. The molecule has 0 aromatic rings. The quantitative estimate of drug-likeness (QED) is 0.728. The van der Waals surface area contributed by atoms with Crippen LogP contribution in [0.3, 0.4) is 0 Å². The van der Waals surface area contributed by atoms with Crippen molar-refractivity contribution in [2.24, 2.45) is 5.92 Å². The summed E-state index contributed by atoms with van der Waals surface area (Å²) in [5.41, 5.74) is 0. The minimum absolute atomic E-state index is 0.00326. The van der Waals surface area contributed by atoms with Gasteiger partial charge in [-0.15, -0.1) is 0 Å². The summed E-state index contributed by atoms with van der Waals surface area (Å²) in [7, 11) is 1.35. The Morgan fingerprint density at radius 2 is 1.94 bits per heavy atom. The molecule has 0 saturated heterocycles. The van der Waals surface area contributed by atoms with Crippen molar-refractivity contribution in [2.45, 2.75) is 45.1 Å². The molecule has 1 aliphatic carbocycles. The van der Waals surface area contributed by atoms with E-state index in [0.29, 0.717) is 6.61 Å². The van der Waals surface area contributed by atoms with Gasteiger partial charge in [-0.3, -0.25) is 4.79 Å². The predicted octanol–water partition coefficient (Wildman–Crippen LogP) is 1.26. The second kappa shape index (κ2) is 8.08. The molecular weight excluding hydrogens is 234 g/mol. The van der Waals surface area contributed by atoms with E-state index in [-0.39, 0.29) is 24.4 Å². The van der Waals surface area contributed by atoms with Crippen molar-refractivity contribution in [1.82, 2.24) is 5.32 Å². The van der Waals surface area contributed by atoms with Gasteiger partial charge < -0.3 is 14.8 Å². The monoisotopic (exact) mass is 257 g/mol. The highest BCUT2D eigenvalue weighted by Gasteiger charge is 2.31. The van der Waals surface area contributed by atoms with Crippen LogP contribution in [0.25, 0.3) is 0 Å². The van der Waals surface area contributed by atoms with Gasteiger partial charge in [0.1, 0.15) is 12.6 Å². The SMILES string of the molecule is CCOCC(=O)N[C@@H](C(=O)OC)C1CCCCC1. The zero-order valence-corrected chi connectivity index (χ0v) is 11.2. The molecule has 1 amide bonds. The third-order valence-electron chi connectivity index (χ3n) is 3.33. The van der Waals surface area contributed by atoms with Crippen molar-refractivity contribution >= 4 is 11.9 Å². The lowest BCUT2D eigenvalue weighted by molar-refractivity contribution is -0.147. The van der Waals surface area contributed by atoms with Crippen LogP contribution in [-0.2, 0) is 19.1 Å². The molecule has 1 N–H and O–H groups in total. The Balaban J connectivity index is 2.54. The van der Waals surface area contributed by atoms with Gasteiger partial charge in [-0.05, 0) is 25.7 Å². The molecular formula is C13H23NO4. The first-order valence-corrected chi connectivity index (χ1v) is 6.64. The molecule has 0 aromatic carbocycles. The lowest BCUT2D eigenvalue weighted by Gasteiger charge is -2.28. The fourth-order valence-electron chi connectivity index (χ4n) is 2.37. The molecule has 1 aliphatic rings. The van der Waals surface area contributed by atoms with Crippen LogP contribution in [0, 0.1) is 5.92 Å². The van der Waals surface area contributed by atoms with Gasteiger partial charge >= 0.3 is 5.97 Å². The Morgan fingerprint density at radius 3 is 2.50 bits per heavy atom. The van der Waals surface area contributed by atoms with Crippen LogP contribution in [-0.4, -0.2) is 38.2 Å². The van der Waals surface area contributed by atoms with E-state index in [2.05, 4.69) is 5.32 Å². The Hall–Kier alpha value is -1.10.